The Morgan fingerprint density at radius 3 is 2.93 bits per heavy atom. The fourth-order valence-electron chi connectivity index (χ4n) is 1.03. The highest BCUT2D eigenvalue weighted by molar-refractivity contribution is 5.70. The molecule has 0 fully saturated rings. The van der Waals surface area contributed by atoms with E-state index < -0.39 is 6.09 Å². The predicted molar refractivity (Wildman–Crippen MR) is 55.4 cm³/mol. The van der Waals surface area contributed by atoms with Crippen LogP contribution in [0.25, 0.3) is 0 Å². The molecule has 0 aromatic heterocycles. The van der Waals surface area contributed by atoms with Crippen molar-refractivity contribution in [3.05, 3.63) is 29.8 Å². The first kappa shape index (κ1) is 11.1. The number of nitriles is 1. The summed E-state index contributed by atoms with van der Waals surface area (Å²) in [4.78, 5) is 12.6. The maximum atomic E-state index is 11.4. The molecule has 0 unspecified atom stereocenters. The molecule has 1 aromatic carbocycles. The molecule has 0 aliphatic rings. The third-order valence-electron chi connectivity index (χ3n) is 1.81. The molecule has 0 N–H and O–H groups in total. The molecule has 1 amide bonds. The lowest BCUT2D eigenvalue weighted by Gasteiger charge is -2.12. The maximum absolute atomic E-state index is 11.4. The normalized spacial score (nSPS) is 9.13. The third kappa shape index (κ3) is 3.31. The second kappa shape index (κ2) is 5.01. The van der Waals surface area contributed by atoms with E-state index in [1.807, 2.05) is 25.1 Å². The van der Waals surface area contributed by atoms with Gasteiger partial charge in [-0.15, -0.1) is 0 Å². The topological polar surface area (TPSA) is 53.3 Å². The molecule has 0 atom stereocenters. The van der Waals surface area contributed by atoms with Crippen molar-refractivity contribution in [1.82, 2.24) is 4.90 Å². The zero-order valence-corrected chi connectivity index (χ0v) is 8.73. The smallest absolute Gasteiger partial charge is 0.410 e. The Balaban J connectivity index is 2.63. The summed E-state index contributed by atoms with van der Waals surface area (Å²) in [5.74, 6) is 0.491. The van der Waals surface area contributed by atoms with Crippen LogP contribution in [0.1, 0.15) is 5.56 Å². The third-order valence-corrected chi connectivity index (χ3v) is 1.81. The highest BCUT2D eigenvalue weighted by atomic mass is 16.6. The van der Waals surface area contributed by atoms with Crippen molar-refractivity contribution in [3.8, 4) is 11.8 Å². The van der Waals surface area contributed by atoms with Crippen LogP contribution in [0, 0.1) is 18.3 Å². The first-order chi connectivity index (χ1) is 7.13. The average Bonchev–Trinajstić information content (AvgIpc) is 2.18. The van der Waals surface area contributed by atoms with Crippen LogP contribution < -0.4 is 4.74 Å². The fourth-order valence-corrected chi connectivity index (χ4v) is 1.03. The van der Waals surface area contributed by atoms with Crippen molar-refractivity contribution in [2.75, 3.05) is 13.6 Å². The Hall–Kier alpha value is -2.02. The first-order valence-electron chi connectivity index (χ1n) is 4.50. The summed E-state index contributed by atoms with van der Waals surface area (Å²) >= 11 is 0. The number of carbonyl (C=O) groups is 1. The molecular weight excluding hydrogens is 192 g/mol. The van der Waals surface area contributed by atoms with Gasteiger partial charge in [-0.3, -0.25) is 4.90 Å². The summed E-state index contributed by atoms with van der Waals surface area (Å²) in [5, 5.41) is 8.40. The molecule has 0 bridgehead atoms. The van der Waals surface area contributed by atoms with Crippen molar-refractivity contribution < 1.29 is 9.53 Å². The van der Waals surface area contributed by atoms with Crippen LogP contribution in [-0.2, 0) is 0 Å². The minimum Gasteiger partial charge on any atom is -0.410 e. The van der Waals surface area contributed by atoms with Crippen LogP contribution in [0.3, 0.4) is 0 Å². The lowest BCUT2D eigenvalue weighted by molar-refractivity contribution is 0.168. The fraction of sp³-hybridized carbons (Fsp3) is 0.273. The van der Waals surface area contributed by atoms with Gasteiger partial charge in [0.05, 0.1) is 6.07 Å². The summed E-state index contributed by atoms with van der Waals surface area (Å²) in [6, 6.07) is 9.05. The zero-order chi connectivity index (χ0) is 11.3. The van der Waals surface area contributed by atoms with Crippen molar-refractivity contribution in [3.63, 3.8) is 0 Å². The molecule has 1 aromatic rings. The Morgan fingerprint density at radius 1 is 1.60 bits per heavy atom. The summed E-state index contributed by atoms with van der Waals surface area (Å²) < 4.78 is 5.05. The number of amides is 1. The van der Waals surface area contributed by atoms with Gasteiger partial charge in [-0.1, -0.05) is 12.1 Å². The van der Waals surface area contributed by atoms with Gasteiger partial charge in [-0.05, 0) is 24.6 Å². The average molecular weight is 204 g/mol. The molecule has 0 spiro atoms. The van der Waals surface area contributed by atoms with E-state index in [1.165, 1.54) is 11.9 Å². The van der Waals surface area contributed by atoms with Crippen LogP contribution in [0.15, 0.2) is 24.3 Å². The number of nitrogens with zero attached hydrogens (tertiary/aromatic N) is 2. The molecule has 0 radical (unpaired) electrons. The van der Waals surface area contributed by atoms with Crippen LogP contribution in [0.4, 0.5) is 4.79 Å². The van der Waals surface area contributed by atoms with Gasteiger partial charge in [0.2, 0.25) is 0 Å². The molecule has 0 aliphatic heterocycles. The molecule has 0 saturated carbocycles. The van der Waals surface area contributed by atoms with Crippen LogP contribution in [-0.4, -0.2) is 24.6 Å². The van der Waals surface area contributed by atoms with Gasteiger partial charge in [0.15, 0.2) is 0 Å². The van der Waals surface area contributed by atoms with E-state index in [2.05, 4.69) is 0 Å². The highest BCUT2D eigenvalue weighted by Gasteiger charge is 2.09. The summed E-state index contributed by atoms with van der Waals surface area (Å²) in [6.07, 6.45) is -0.526. The van der Waals surface area contributed by atoms with E-state index in [0.717, 1.165) is 5.56 Å². The standard InChI is InChI=1S/C11H12N2O2/c1-9-4-3-5-10(8-9)15-11(14)13(2)7-6-12/h3-5,8H,7H2,1-2H3. The van der Waals surface area contributed by atoms with E-state index in [1.54, 1.807) is 12.1 Å². The first-order valence-corrected chi connectivity index (χ1v) is 4.50. The number of aryl methyl sites for hydroxylation is 1. The monoisotopic (exact) mass is 204 g/mol. The maximum Gasteiger partial charge on any atom is 0.415 e. The van der Waals surface area contributed by atoms with Gasteiger partial charge in [-0.2, -0.15) is 5.26 Å². The molecule has 0 heterocycles. The number of rotatable bonds is 2. The molecule has 0 aliphatic carbocycles. The summed E-state index contributed by atoms with van der Waals surface area (Å²) in [7, 11) is 1.52. The van der Waals surface area contributed by atoms with Crippen molar-refractivity contribution in [2.45, 2.75) is 6.92 Å². The van der Waals surface area contributed by atoms with Gasteiger partial charge >= 0.3 is 6.09 Å². The van der Waals surface area contributed by atoms with Gasteiger partial charge in [0.25, 0.3) is 0 Å². The van der Waals surface area contributed by atoms with Gasteiger partial charge in [0, 0.05) is 7.05 Å². The Kier molecular flexibility index (Phi) is 3.69. The minimum absolute atomic E-state index is 0.0185. The number of benzene rings is 1. The molecule has 4 nitrogen and oxygen atoms in total. The van der Waals surface area contributed by atoms with Crippen LogP contribution >= 0.6 is 0 Å². The number of hydrogen-bond acceptors (Lipinski definition) is 3. The number of hydrogen-bond donors (Lipinski definition) is 0. The van der Waals surface area contributed by atoms with Gasteiger partial charge in [0.1, 0.15) is 12.3 Å². The number of carbonyl (C=O) groups excluding carboxylic acids is 1. The Labute approximate surface area is 88.7 Å². The van der Waals surface area contributed by atoms with Gasteiger partial charge < -0.3 is 4.74 Å². The Bertz CT molecular complexity index is 396. The summed E-state index contributed by atoms with van der Waals surface area (Å²) in [5.41, 5.74) is 1.02. The van der Waals surface area contributed by atoms with Gasteiger partial charge in [-0.25, -0.2) is 4.79 Å². The summed E-state index contributed by atoms with van der Waals surface area (Å²) in [6.45, 7) is 1.93. The molecule has 78 valence electrons. The lowest BCUT2D eigenvalue weighted by Crippen LogP contribution is -2.29. The second-order valence-electron chi connectivity index (χ2n) is 3.20. The van der Waals surface area contributed by atoms with E-state index in [-0.39, 0.29) is 6.54 Å². The van der Waals surface area contributed by atoms with Crippen molar-refractivity contribution in [2.24, 2.45) is 0 Å². The van der Waals surface area contributed by atoms with E-state index in [4.69, 9.17) is 10.00 Å². The molecule has 15 heavy (non-hydrogen) atoms. The van der Waals surface area contributed by atoms with Crippen LogP contribution in [0.2, 0.25) is 0 Å². The second-order valence-corrected chi connectivity index (χ2v) is 3.20. The van der Waals surface area contributed by atoms with Crippen LogP contribution in [0.5, 0.6) is 5.75 Å². The lowest BCUT2D eigenvalue weighted by atomic mass is 10.2. The SMILES string of the molecule is Cc1cccc(OC(=O)N(C)CC#N)c1. The highest BCUT2D eigenvalue weighted by Crippen LogP contribution is 2.13. The molecule has 4 heteroatoms. The molecular formula is C11H12N2O2. The van der Waals surface area contributed by atoms with E-state index in [9.17, 15) is 4.79 Å². The van der Waals surface area contributed by atoms with E-state index >= 15 is 0 Å². The minimum atomic E-state index is -0.526. The van der Waals surface area contributed by atoms with Crippen molar-refractivity contribution in [1.29, 1.82) is 5.26 Å². The Morgan fingerprint density at radius 2 is 2.33 bits per heavy atom. The van der Waals surface area contributed by atoms with Crippen molar-refractivity contribution >= 4 is 6.09 Å². The largest absolute Gasteiger partial charge is 0.415 e. The molecule has 1 rings (SSSR count). The van der Waals surface area contributed by atoms with E-state index in [0.29, 0.717) is 5.75 Å². The number of ether oxygens (including phenoxy) is 1. The zero-order valence-electron chi connectivity index (χ0n) is 8.73. The quantitative estimate of drug-likeness (QED) is 0.692. The molecule has 0 saturated heterocycles. The predicted octanol–water partition coefficient (Wildman–Crippen LogP) is 1.95.